The Morgan fingerprint density at radius 1 is 0.579 bits per heavy atom. The monoisotopic (exact) mass is 530 g/mol. The van der Waals surface area contributed by atoms with Crippen LogP contribution in [-0.2, 0) is 0 Å². The number of unbranched alkanes of at least 4 members (excludes halogenated alkanes) is 18. The Bertz CT molecular complexity index is 652. The van der Waals surface area contributed by atoms with E-state index in [4.69, 9.17) is 4.74 Å². The second-order valence-corrected chi connectivity index (χ2v) is 12.2. The molecular formula is C35H65N2O+. The topological polar surface area (TPSA) is 21.6 Å². The van der Waals surface area contributed by atoms with Gasteiger partial charge in [-0.15, -0.1) is 0 Å². The van der Waals surface area contributed by atoms with Crippen LogP contribution in [0.5, 0.6) is 5.75 Å². The van der Waals surface area contributed by atoms with E-state index in [1.54, 1.807) is 0 Å². The molecule has 1 rings (SSSR count). The molecule has 0 aliphatic carbocycles. The summed E-state index contributed by atoms with van der Waals surface area (Å²) < 4.78 is 7.10. The second-order valence-electron chi connectivity index (χ2n) is 12.2. The van der Waals surface area contributed by atoms with Crippen molar-refractivity contribution >= 4 is 6.21 Å². The Morgan fingerprint density at radius 3 is 1.53 bits per heavy atom. The van der Waals surface area contributed by atoms with Crippen molar-refractivity contribution in [1.29, 1.82) is 0 Å². The number of likely N-dealkylation sites (N-methyl/N-ethyl adjacent to an activating group) is 1. The molecule has 1 aromatic rings. The fraction of sp³-hybridized carbons (Fsp3) is 0.800. The number of nitrogens with zero attached hydrogens (tertiary/aromatic N) is 2. The van der Waals surface area contributed by atoms with Gasteiger partial charge in [0.1, 0.15) is 18.9 Å². The zero-order chi connectivity index (χ0) is 27.6. The lowest BCUT2D eigenvalue weighted by atomic mass is 10.1. The van der Waals surface area contributed by atoms with Gasteiger partial charge in [0.05, 0.1) is 20.6 Å². The summed E-state index contributed by atoms with van der Waals surface area (Å²) in [4.78, 5) is 4.63. The van der Waals surface area contributed by atoms with Crippen molar-refractivity contribution < 1.29 is 9.22 Å². The molecule has 0 saturated carbocycles. The van der Waals surface area contributed by atoms with Crippen molar-refractivity contribution in [1.82, 2.24) is 0 Å². The highest BCUT2D eigenvalue weighted by Gasteiger charge is 2.14. The van der Waals surface area contributed by atoms with Crippen LogP contribution in [0.3, 0.4) is 0 Å². The van der Waals surface area contributed by atoms with Crippen LogP contribution in [-0.4, -0.2) is 51.0 Å². The van der Waals surface area contributed by atoms with E-state index < -0.39 is 0 Å². The van der Waals surface area contributed by atoms with E-state index in [0.29, 0.717) is 0 Å². The summed E-state index contributed by atoms with van der Waals surface area (Å²) >= 11 is 0. The first-order chi connectivity index (χ1) is 18.6. The smallest absolute Gasteiger partial charge is 0.137 e. The molecule has 0 bridgehead atoms. The number of rotatable bonds is 27. The van der Waals surface area contributed by atoms with Crippen molar-refractivity contribution in [2.75, 3.05) is 40.3 Å². The molecule has 1 aromatic carbocycles. The molecule has 0 N–H and O–H groups in total. The van der Waals surface area contributed by atoms with Gasteiger partial charge in [-0.3, -0.25) is 4.99 Å². The van der Waals surface area contributed by atoms with Gasteiger partial charge in [-0.25, -0.2) is 0 Å². The zero-order valence-electron chi connectivity index (χ0n) is 26.2. The van der Waals surface area contributed by atoms with Gasteiger partial charge in [0.2, 0.25) is 0 Å². The van der Waals surface area contributed by atoms with Gasteiger partial charge in [-0.1, -0.05) is 123 Å². The molecule has 38 heavy (non-hydrogen) atoms. The molecule has 220 valence electrons. The highest BCUT2D eigenvalue weighted by molar-refractivity contribution is 5.79. The standard InChI is InChI=1S/C35H65N2O/c1-5-7-9-11-13-15-17-19-21-23-29-36-33-34-25-27-35(28-26-34)38-32-31-37(3,4)30-24-22-20-18-16-14-12-10-8-6-2/h25-28,33H,5-24,29-32H2,1-4H3/q+1. The maximum Gasteiger partial charge on any atom is 0.137 e. The van der Waals surface area contributed by atoms with Crippen molar-refractivity contribution in [3.63, 3.8) is 0 Å². The van der Waals surface area contributed by atoms with Gasteiger partial charge in [0.25, 0.3) is 0 Å². The molecule has 0 saturated heterocycles. The third kappa shape index (κ3) is 21.6. The quantitative estimate of drug-likeness (QED) is 0.0631. The number of quaternary nitrogens is 1. The molecule has 0 atom stereocenters. The number of aliphatic imine (C=N–C) groups is 1. The van der Waals surface area contributed by atoms with E-state index >= 15 is 0 Å². The Labute approximate surface area is 238 Å². The highest BCUT2D eigenvalue weighted by atomic mass is 16.5. The van der Waals surface area contributed by atoms with E-state index in [1.165, 1.54) is 141 Å². The average Bonchev–Trinajstić information content (AvgIpc) is 2.91. The van der Waals surface area contributed by atoms with Crippen LogP contribution in [0.15, 0.2) is 29.3 Å². The molecule has 0 aliphatic rings. The number of benzene rings is 1. The van der Waals surface area contributed by atoms with Crippen LogP contribution >= 0.6 is 0 Å². The van der Waals surface area contributed by atoms with Crippen LogP contribution < -0.4 is 4.74 Å². The molecular weight excluding hydrogens is 464 g/mol. The first kappa shape index (κ1) is 34.7. The fourth-order valence-corrected chi connectivity index (χ4v) is 5.06. The lowest BCUT2D eigenvalue weighted by Crippen LogP contribution is -2.43. The first-order valence-electron chi connectivity index (χ1n) is 16.6. The molecule has 0 aromatic heterocycles. The minimum Gasteiger partial charge on any atom is -0.488 e. The minimum absolute atomic E-state index is 0.775. The largest absolute Gasteiger partial charge is 0.488 e. The molecule has 3 nitrogen and oxygen atoms in total. The predicted octanol–water partition coefficient (Wildman–Crippen LogP) is 10.4. The number of ether oxygens (including phenoxy) is 1. The van der Waals surface area contributed by atoms with Gasteiger partial charge in [0.15, 0.2) is 0 Å². The maximum atomic E-state index is 6.05. The summed E-state index contributed by atoms with van der Waals surface area (Å²) in [6.45, 7) is 8.60. The normalized spacial score (nSPS) is 12.0. The second kappa shape index (κ2) is 24.7. The molecule has 0 fully saturated rings. The molecule has 0 unspecified atom stereocenters. The van der Waals surface area contributed by atoms with Gasteiger partial charge in [-0.2, -0.15) is 0 Å². The lowest BCUT2D eigenvalue weighted by molar-refractivity contribution is -0.890. The number of hydrogen-bond donors (Lipinski definition) is 0. The molecule has 3 heteroatoms. The Kier molecular flexibility index (Phi) is 22.5. The van der Waals surface area contributed by atoms with Gasteiger partial charge in [-0.05, 0) is 49.1 Å². The van der Waals surface area contributed by atoms with Crippen molar-refractivity contribution in [3.05, 3.63) is 29.8 Å². The summed E-state index contributed by atoms with van der Waals surface area (Å²) in [5.41, 5.74) is 1.17. The third-order valence-corrected chi connectivity index (χ3v) is 7.84. The Balaban J connectivity index is 2.03. The van der Waals surface area contributed by atoms with E-state index in [9.17, 15) is 0 Å². The van der Waals surface area contributed by atoms with Crippen LogP contribution in [0.4, 0.5) is 0 Å². The van der Waals surface area contributed by atoms with Crippen LogP contribution in [0.1, 0.15) is 148 Å². The lowest BCUT2D eigenvalue weighted by Gasteiger charge is -2.29. The predicted molar refractivity (Wildman–Crippen MR) is 170 cm³/mol. The Hall–Kier alpha value is -1.35. The highest BCUT2D eigenvalue weighted by Crippen LogP contribution is 2.14. The van der Waals surface area contributed by atoms with Crippen molar-refractivity contribution in [3.8, 4) is 5.75 Å². The zero-order valence-corrected chi connectivity index (χ0v) is 26.2. The van der Waals surface area contributed by atoms with Crippen molar-refractivity contribution in [2.45, 2.75) is 142 Å². The van der Waals surface area contributed by atoms with Crippen LogP contribution in [0.25, 0.3) is 0 Å². The van der Waals surface area contributed by atoms with E-state index in [2.05, 4.69) is 57.2 Å². The summed E-state index contributed by atoms with van der Waals surface area (Å²) in [6, 6.07) is 8.43. The van der Waals surface area contributed by atoms with E-state index in [1.807, 2.05) is 6.21 Å². The summed E-state index contributed by atoms with van der Waals surface area (Å²) in [7, 11) is 4.68. The van der Waals surface area contributed by atoms with Gasteiger partial charge < -0.3 is 9.22 Å². The van der Waals surface area contributed by atoms with Crippen LogP contribution in [0, 0.1) is 0 Å². The van der Waals surface area contributed by atoms with E-state index in [-0.39, 0.29) is 0 Å². The maximum absolute atomic E-state index is 6.05. The third-order valence-electron chi connectivity index (χ3n) is 7.84. The summed E-state index contributed by atoms with van der Waals surface area (Å²) in [5.74, 6) is 0.968. The van der Waals surface area contributed by atoms with E-state index in [0.717, 1.165) is 29.9 Å². The molecule has 0 aliphatic heterocycles. The SMILES string of the molecule is CCCCCCCCCCCCN=Cc1ccc(OCC[N+](C)(C)CCCCCCCCCCCC)cc1. The summed E-state index contributed by atoms with van der Waals surface area (Å²) in [6.07, 6.45) is 29.8. The Morgan fingerprint density at radius 2 is 1.03 bits per heavy atom. The number of hydrogen-bond acceptors (Lipinski definition) is 2. The van der Waals surface area contributed by atoms with Crippen molar-refractivity contribution in [2.24, 2.45) is 4.99 Å². The molecule has 0 heterocycles. The van der Waals surface area contributed by atoms with Gasteiger partial charge in [0, 0.05) is 12.8 Å². The first-order valence-corrected chi connectivity index (χ1v) is 16.6. The minimum atomic E-state index is 0.775. The molecule has 0 spiro atoms. The van der Waals surface area contributed by atoms with Gasteiger partial charge >= 0.3 is 0 Å². The van der Waals surface area contributed by atoms with Crippen LogP contribution in [0.2, 0.25) is 0 Å². The molecule has 0 radical (unpaired) electrons. The summed E-state index contributed by atoms with van der Waals surface area (Å²) in [5, 5.41) is 0. The average molecular weight is 530 g/mol. The molecule has 0 amide bonds. The fourth-order valence-electron chi connectivity index (χ4n) is 5.06.